The molecule has 0 aromatic carbocycles. The van der Waals surface area contributed by atoms with Crippen LogP contribution in [-0.2, 0) is 17.9 Å². The van der Waals surface area contributed by atoms with E-state index in [2.05, 4.69) is 4.98 Å². The van der Waals surface area contributed by atoms with Crippen molar-refractivity contribution in [2.24, 2.45) is 5.73 Å². The maximum absolute atomic E-state index is 5.53. The van der Waals surface area contributed by atoms with Gasteiger partial charge in [0, 0.05) is 6.54 Å². The third kappa shape index (κ3) is 3.16. The maximum Gasteiger partial charge on any atom is 0.181 e. The summed E-state index contributed by atoms with van der Waals surface area (Å²) >= 11 is 0. The summed E-state index contributed by atoms with van der Waals surface area (Å²) in [6, 6.07) is 0. The molecule has 0 saturated carbocycles. The van der Waals surface area contributed by atoms with Crippen LogP contribution >= 0.6 is 0 Å². The van der Waals surface area contributed by atoms with Gasteiger partial charge in [-0.1, -0.05) is 0 Å². The summed E-state index contributed by atoms with van der Waals surface area (Å²) < 4.78 is 10.7. The molecule has 1 rings (SSSR count). The van der Waals surface area contributed by atoms with Crippen LogP contribution in [0.15, 0.2) is 10.8 Å². The molecule has 0 radical (unpaired) electrons. The number of aromatic nitrogens is 1. The van der Waals surface area contributed by atoms with Gasteiger partial charge in [0.2, 0.25) is 0 Å². The molecule has 0 aliphatic heterocycles. The van der Waals surface area contributed by atoms with Gasteiger partial charge in [0.1, 0.15) is 6.61 Å². The van der Waals surface area contributed by atoms with Crippen molar-refractivity contribution in [3.8, 4) is 0 Å². The Kier molecular flexibility index (Phi) is 3.06. The monoisotopic (exact) mass is 184 g/mol. The van der Waals surface area contributed by atoms with E-state index in [0.29, 0.717) is 13.2 Å². The van der Waals surface area contributed by atoms with E-state index >= 15 is 0 Å². The summed E-state index contributed by atoms with van der Waals surface area (Å²) in [6.45, 7) is 6.79. The molecule has 2 N–H and O–H groups in total. The molecular weight excluding hydrogens is 168 g/mol. The minimum absolute atomic E-state index is 0.168. The highest BCUT2D eigenvalue weighted by molar-refractivity contribution is 5.05. The van der Waals surface area contributed by atoms with Crippen LogP contribution in [0.25, 0.3) is 0 Å². The minimum atomic E-state index is -0.168. The second kappa shape index (κ2) is 3.89. The van der Waals surface area contributed by atoms with E-state index in [1.54, 1.807) is 0 Å². The van der Waals surface area contributed by atoms with E-state index in [1.165, 1.54) is 6.39 Å². The Bertz CT molecular complexity index is 263. The number of hydrogen-bond acceptors (Lipinski definition) is 4. The number of rotatable bonds is 3. The van der Waals surface area contributed by atoms with Gasteiger partial charge in [-0.15, -0.1) is 0 Å². The number of ether oxygens (including phenoxy) is 1. The van der Waals surface area contributed by atoms with Crippen LogP contribution in [0.2, 0.25) is 0 Å². The zero-order chi connectivity index (χ0) is 9.90. The van der Waals surface area contributed by atoms with E-state index in [1.807, 2.05) is 20.8 Å². The van der Waals surface area contributed by atoms with Crippen molar-refractivity contribution < 1.29 is 9.15 Å². The lowest BCUT2D eigenvalue weighted by molar-refractivity contribution is -0.0227. The highest BCUT2D eigenvalue weighted by atomic mass is 16.5. The molecule has 0 spiro atoms. The molecule has 74 valence electrons. The van der Waals surface area contributed by atoms with E-state index < -0.39 is 0 Å². The van der Waals surface area contributed by atoms with Crippen LogP contribution in [0.4, 0.5) is 0 Å². The molecule has 0 aliphatic carbocycles. The molecule has 1 aromatic rings. The molecule has 0 bridgehead atoms. The Morgan fingerprint density at radius 2 is 2.23 bits per heavy atom. The summed E-state index contributed by atoms with van der Waals surface area (Å²) in [5, 5.41) is 0. The van der Waals surface area contributed by atoms with Crippen molar-refractivity contribution in [1.82, 2.24) is 4.98 Å². The Morgan fingerprint density at radius 3 is 2.77 bits per heavy atom. The second-order valence-electron chi connectivity index (χ2n) is 3.83. The van der Waals surface area contributed by atoms with Gasteiger partial charge in [0.25, 0.3) is 0 Å². The van der Waals surface area contributed by atoms with E-state index in [-0.39, 0.29) is 5.60 Å². The van der Waals surface area contributed by atoms with Crippen molar-refractivity contribution >= 4 is 0 Å². The fraction of sp³-hybridized carbons (Fsp3) is 0.667. The van der Waals surface area contributed by atoms with Crippen LogP contribution in [-0.4, -0.2) is 10.6 Å². The Morgan fingerprint density at radius 1 is 1.54 bits per heavy atom. The van der Waals surface area contributed by atoms with Crippen molar-refractivity contribution in [2.75, 3.05) is 0 Å². The van der Waals surface area contributed by atoms with Crippen LogP contribution in [0.5, 0.6) is 0 Å². The van der Waals surface area contributed by atoms with Crippen molar-refractivity contribution in [3.63, 3.8) is 0 Å². The first-order valence-electron chi connectivity index (χ1n) is 4.28. The molecular formula is C9H16N2O2. The maximum atomic E-state index is 5.53. The Labute approximate surface area is 78.1 Å². The quantitative estimate of drug-likeness (QED) is 0.772. The van der Waals surface area contributed by atoms with Gasteiger partial charge in [0.05, 0.1) is 11.3 Å². The van der Waals surface area contributed by atoms with Gasteiger partial charge in [-0.3, -0.25) is 0 Å². The average molecular weight is 184 g/mol. The van der Waals surface area contributed by atoms with E-state index in [4.69, 9.17) is 14.9 Å². The SMILES string of the molecule is CC(C)(C)OCc1ocnc1CN. The molecule has 0 atom stereocenters. The van der Waals surface area contributed by atoms with Crippen molar-refractivity contribution in [1.29, 1.82) is 0 Å². The van der Waals surface area contributed by atoms with Gasteiger partial charge in [-0.2, -0.15) is 0 Å². The fourth-order valence-electron chi connectivity index (χ4n) is 0.860. The van der Waals surface area contributed by atoms with E-state index in [9.17, 15) is 0 Å². The second-order valence-corrected chi connectivity index (χ2v) is 3.83. The molecule has 13 heavy (non-hydrogen) atoms. The lowest BCUT2D eigenvalue weighted by Gasteiger charge is -2.18. The fourth-order valence-corrected chi connectivity index (χ4v) is 0.860. The highest BCUT2D eigenvalue weighted by Crippen LogP contribution is 2.13. The lowest BCUT2D eigenvalue weighted by Crippen LogP contribution is -2.19. The minimum Gasteiger partial charge on any atom is -0.446 e. The molecule has 0 unspecified atom stereocenters. The summed E-state index contributed by atoms with van der Waals surface area (Å²) in [5.41, 5.74) is 6.06. The van der Waals surface area contributed by atoms with Gasteiger partial charge < -0.3 is 14.9 Å². The van der Waals surface area contributed by atoms with Gasteiger partial charge >= 0.3 is 0 Å². The molecule has 0 saturated heterocycles. The average Bonchev–Trinajstić information content (AvgIpc) is 2.46. The number of hydrogen-bond donors (Lipinski definition) is 1. The Hall–Kier alpha value is -0.870. The lowest BCUT2D eigenvalue weighted by atomic mass is 10.2. The summed E-state index contributed by atoms with van der Waals surface area (Å²) in [6.07, 6.45) is 1.39. The number of oxazole rings is 1. The number of nitrogens with two attached hydrogens (primary N) is 1. The van der Waals surface area contributed by atoms with E-state index in [0.717, 1.165) is 11.5 Å². The zero-order valence-electron chi connectivity index (χ0n) is 8.33. The Balaban J connectivity index is 2.54. The first-order valence-corrected chi connectivity index (χ1v) is 4.28. The van der Waals surface area contributed by atoms with Gasteiger partial charge in [-0.05, 0) is 20.8 Å². The largest absolute Gasteiger partial charge is 0.446 e. The summed E-state index contributed by atoms with van der Waals surface area (Å²) in [4.78, 5) is 3.96. The third-order valence-corrected chi connectivity index (χ3v) is 1.55. The third-order valence-electron chi connectivity index (χ3n) is 1.55. The zero-order valence-corrected chi connectivity index (χ0v) is 8.33. The molecule has 0 fully saturated rings. The molecule has 0 aliphatic rings. The predicted molar refractivity (Wildman–Crippen MR) is 48.9 cm³/mol. The highest BCUT2D eigenvalue weighted by Gasteiger charge is 2.13. The summed E-state index contributed by atoms with van der Waals surface area (Å²) in [7, 11) is 0. The first-order chi connectivity index (χ1) is 6.03. The molecule has 4 nitrogen and oxygen atoms in total. The first kappa shape index (κ1) is 10.2. The van der Waals surface area contributed by atoms with Crippen LogP contribution in [0.1, 0.15) is 32.2 Å². The molecule has 4 heteroatoms. The smallest absolute Gasteiger partial charge is 0.181 e. The topological polar surface area (TPSA) is 61.3 Å². The van der Waals surface area contributed by atoms with Gasteiger partial charge in [0.15, 0.2) is 12.2 Å². The molecule has 1 aromatic heterocycles. The standard InChI is InChI=1S/C9H16N2O2/c1-9(2,3)13-5-8-7(4-10)11-6-12-8/h6H,4-5,10H2,1-3H3. The molecule has 0 amide bonds. The van der Waals surface area contributed by atoms with Crippen molar-refractivity contribution in [3.05, 3.63) is 17.8 Å². The summed E-state index contributed by atoms with van der Waals surface area (Å²) in [5.74, 6) is 0.720. The normalized spacial score (nSPS) is 12.0. The van der Waals surface area contributed by atoms with Crippen LogP contribution in [0.3, 0.4) is 0 Å². The van der Waals surface area contributed by atoms with Crippen LogP contribution < -0.4 is 5.73 Å². The van der Waals surface area contributed by atoms with Crippen LogP contribution in [0, 0.1) is 0 Å². The van der Waals surface area contributed by atoms with Crippen molar-refractivity contribution in [2.45, 2.75) is 39.5 Å². The number of nitrogens with zero attached hydrogens (tertiary/aromatic N) is 1. The predicted octanol–water partition coefficient (Wildman–Crippen LogP) is 1.45. The van der Waals surface area contributed by atoms with Gasteiger partial charge in [-0.25, -0.2) is 4.98 Å². The molecule has 1 heterocycles.